The normalized spacial score (nSPS) is 12.5. The molecule has 2 N–H and O–H groups in total. The van der Waals surface area contributed by atoms with E-state index in [-0.39, 0.29) is 11.9 Å². The van der Waals surface area contributed by atoms with Gasteiger partial charge in [-0.15, -0.1) is 0 Å². The zero-order valence-electron chi connectivity index (χ0n) is 10.1. The van der Waals surface area contributed by atoms with Gasteiger partial charge in [-0.05, 0) is 12.8 Å². The van der Waals surface area contributed by atoms with Gasteiger partial charge in [0.1, 0.15) is 0 Å². The van der Waals surface area contributed by atoms with Gasteiger partial charge in [-0.2, -0.15) is 0 Å². The Morgan fingerprint density at radius 2 is 2.07 bits per heavy atom. The van der Waals surface area contributed by atoms with E-state index in [0.29, 0.717) is 13.2 Å². The molecule has 0 aromatic heterocycles. The first-order valence-electron chi connectivity index (χ1n) is 5.73. The first-order chi connectivity index (χ1) is 7.24. The Bertz CT molecular complexity index is 157. The van der Waals surface area contributed by atoms with Gasteiger partial charge in [0.2, 0.25) is 5.91 Å². The van der Waals surface area contributed by atoms with Gasteiger partial charge in [-0.1, -0.05) is 20.3 Å². The van der Waals surface area contributed by atoms with Crippen molar-refractivity contribution in [1.82, 2.24) is 10.6 Å². The molecule has 0 aliphatic heterocycles. The molecule has 4 nitrogen and oxygen atoms in total. The fourth-order valence-electron chi connectivity index (χ4n) is 1.36. The fourth-order valence-corrected chi connectivity index (χ4v) is 1.36. The fraction of sp³-hybridized carbons (Fsp3) is 0.909. The van der Waals surface area contributed by atoms with E-state index in [9.17, 15) is 4.79 Å². The predicted octanol–water partition coefficient (Wildman–Crippen LogP) is 0.917. The third-order valence-electron chi connectivity index (χ3n) is 2.13. The second-order valence-electron chi connectivity index (χ2n) is 3.67. The second kappa shape index (κ2) is 9.93. The number of nitrogens with one attached hydrogen (secondary N) is 2. The van der Waals surface area contributed by atoms with E-state index in [4.69, 9.17) is 4.74 Å². The van der Waals surface area contributed by atoms with E-state index in [1.807, 2.05) is 6.92 Å². The number of carbonyl (C=O) groups excluding carboxylic acids is 1. The van der Waals surface area contributed by atoms with Crippen molar-refractivity contribution >= 4 is 5.91 Å². The summed E-state index contributed by atoms with van der Waals surface area (Å²) < 4.78 is 5.08. The first kappa shape index (κ1) is 14.4. The van der Waals surface area contributed by atoms with Gasteiger partial charge in [-0.3, -0.25) is 4.79 Å². The molecule has 0 radical (unpaired) electrons. The minimum atomic E-state index is 0.0639. The van der Waals surface area contributed by atoms with Crippen molar-refractivity contribution in [3.05, 3.63) is 0 Å². The topological polar surface area (TPSA) is 50.4 Å². The highest BCUT2D eigenvalue weighted by Crippen LogP contribution is 1.96. The Labute approximate surface area is 92.8 Å². The first-order valence-corrected chi connectivity index (χ1v) is 5.73. The molecule has 0 saturated carbocycles. The maximum atomic E-state index is 11.3. The number of ether oxygens (including phenoxy) is 1. The average Bonchev–Trinajstić information content (AvgIpc) is 2.23. The van der Waals surface area contributed by atoms with Crippen LogP contribution >= 0.6 is 0 Å². The maximum absolute atomic E-state index is 11.3. The smallest absolute Gasteiger partial charge is 0.233 e. The molecule has 0 rings (SSSR count). The van der Waals surface area contributed by atoms with Crippen molar-refractivity contribution in [3.8, 4) is 0 Å². The molecule has 15 heavy (non-hydrogen) atoms. The summed E-state index contributed by atoms with van der Waals surface area (Å²) >= 11 is 0. The second-order valence-corrected chi connectivity index (χ2v) is 3.67. The molecule has 4 heteroatoms. The van der Waals surface area contributed by atoms with Crippen LogP contribution in [0.1, 0.15) is 33.1 Å². The molecular weight excluding hydrogens is 192 g/mol. The van der Waals surface area contributed by atoms with Crippen LogP contribution in [0.2, 0.25) is 0 Å². The third kappa shape index (κ3) is 8.39. The number of rotatable bonds is 9. The van der Waals surface area contributed by atoms with Crippen LogP contribution in [-0.4, -0.2) is 38.8 Å². The van der Waals surface area contributed by atoms with Gasteiger partial charge in [0.25, 0.3) is 0 Å². The quantitative estimate of drug-likeness (QED) is 0.602. The molecule has 0 aromatic carbocycles. The number of amides is 1. The number of carbonyl (C=O) groups is 1. The minimum Gasteiger partial charge on any atom is -0.383 e. The van der Waals surface area contributed by atoms with Gasteiger partial charge in [-0.25, -0.2) is 0 Å². The minimum absolute atomic E-state index is 0.0639. The van der Waals surface area contributed by atoms with Crippen LogP contribution in [0.5, 0.6) is 0 Å². The van der Waals surface area contributed by atoms with E-state index >= 15 is 0 Å². The van der Waals surface area contributed by atoms with Crippen LogP contribution in [0, 0.1) is 0 Å². The molecule has 0 aromatic rings. The lowest BCUT2D eigenvalue weighted by Gasteiger charge is -2.16. The van der Waals surface area contributed by atoms with Crippen LogP contribution in [0.4, 0.5) is 0 Å². The molecule has 1 amide bonds. The highest BCUT2D eigenvalue weighted by molar-refractivity contribution is 5.77. The maximum Gasteiger partial charge on any atom is 0.233 e. The van der Waals surface area contributed by atoms with E-state index in [2.05, 4.69) is 17.6 Å². The molecule has 1 unspecified atom stereocenters. The SMILES string of the molecule is CCCNC(=O)CNC(CCC)COC. The summed E-state index contributed by atoms with van der Waals surface area (Å²) in [5.41, 5.74) is 0. The summed E-state index contributed by atoms with van der Waals surface area (Å²) in [7, 11) is 1.68. The van der Waals surface area contributed by atoms with Gasteiger partial charge in [0, 0.05) is 19.7 Å². The Balaban J connectivity index is 3.62. The van der Waals surface area contributed by atoms with Crippen LogP contribution in [0.3, 0.4) is 0 Å². The molecule has 0 bridgehead atoms. The standard InChI is InChI=1S/C11H24N2O2/c1-4-6-10(9-15-3)13-8-11(14)12-7-5-2/h10,13H,4-9H2,1-3H3,(H,12,14). The van der Waals surface area contributed by atoms with Gasteiger partial charge in [0.15, 0.2) is 0 Å². The van der Waals surface area contributed by atoms with E-state index < -0.39 is 0 Å². The van der Waals surface area contributed by atoms with Gasteiger partial charge in [0.05, 0.1) is 13.2 Å². The highest BCUT2D eigenvalue weighted by Gasteiger charge is 2.08. The molecule has 0 aliphatic carbocycles. The van der Waals surface area contributed by atoms with Crippen LogP contribution in [0.25, 0.3) is 0 Å². The lowest BCUT2D eigenvalue weighted by molar-refractivity contribution is -0.120. The number of methoxy groups -OCH3 is 1. The third-order valence-corrected chi connectivity index (χ3v) is 2.13. The van der Waals surface area contributed by atoms with Crippen molar-refractivity contribution in [2.75, 3.05) is 26.8 Å². The van der Waals surface area contributed by atoms with Crippen molar-refractivity contribution in [1.29, 1.82) is 0 Å². The molecule has 0 fully saturated rings. The van der Waals surface area contributed by atoms with Crippen molar-refractivity contribution in [2.24, 2.45) is 0 Å². The van der Waals surface area contributed by atoms with Crippen molar-refractivity contribution in [3.63, 3.8) is 0 Å². The zero-order chi connectivity index (χ0) is 11.5. The zero-order valence-corrected chi connectivity index (χ0v) is 10.1. The molecule has 1 atom stereocenters. The lowest BCUT2D eigenvalue weighted by Crippen LogP contribution is -2.41. The Kier molecular flexibility index (Phi) is 9.52. The van der Waals surface area contributed by atoms with Crippen molar-refractivity contribution < 1.29 is 9.53 Å². The Morgan fingerprint density at radius 1 is 1.33 bits per heavy atom. The Hall–Kier alpha value is -0.610. The highest BCUT2D eigenvalue weighted by atomic mass is 16.5. The van der Waals surface area contributed by atoms with E-state index in [1.54, 1.807) is 7.11 Å². The predicted molar refractivity (Wildman–Crippen MR) is 61.9 cm³/mol. The average molecular weight is 216 g/mol. The molecule has 0 aliphatic rings. The monoisotopic (exact) mass is 216 g/mol. The summed E-state index contributed by atoms with van der Waals surface area (Å²) in [6, 6.07) is 0.285. The van der Waals surface area contributed by atoms with Crippen LogP contribution < -0.4 is 10.6 Å². The molecule has 90 valence electrons. The molecule has 0 heterocycles. The van der Waals surface area contributed by atoms with E-state index in [0.717, 1.165) is 25.8 Å². The molecule has 0 spiro atoms. The van der Waals surface area contributed by atoms with Gasteiger partial charge >= 0.3 is 0 Å². The van der Waals surface area contributed by atoms with Gasteiger partial charge < -0.3 is 15.4 Å². The molecule has 0 saturated heterocycles. The summed E-state index contributed by atoms with van der Waals surface area (Å²) in [5, 5.41) is 6.02. The van der Waals surface area contributed by atoms with Crippen LogP contribution in [-0.2, 0) is 9.53 Å². The lowest BCUT2D eigenvalue weighted by atomic mass is 10.2. The summed E-state index contributed by atoms with van der Waals surface area (Å²) in [5.74, 6) is 0.0639. The largest absolute Gasteiger partial charge is 0.383 e. The molecular formula is C11H24N2O2. The summed E-state index contributed by atoms with van der Waals surface area (Å²) in [4.78, 5) is 11.3. The van der Waals surface area contributed by atoms with E-state index in [1.165, 1.54) is 0 Å². The summed E-state index contributed by atoms with van der Waals surface area (Å²) in [6.07, 6.45) is 3.11. The number of hydrogen-bond donors (Lipinski definition) is 2. The van der Waals surface area contributed by atoms with Crippen LogP contribution in [0.15, 0.2) is 0 Å². The Morgan fingerprint density at radius 3 is 2.60 bits per heavy atom. The number of hydrogen-bond acceptors (Lipinski definition) is 3. The summed E-state index contributed by atoms with van der Waals surface area (Å²) in [6.45, 7) is 5.96. The van der Waals surface area contributed by atoms with Crippen molar-refractivity contribution in [2.45, 2.75) is 39.2 Å².